The number of aromatic nitrogens is 2. The predicted octanol–water partition coefficient (Wildman–Crippen LogP) is 9.94. The molecule has 0 radical (unpaired) electrons. The first-order valence-corrected chi connectivity index (χ1v) is 14.4. The summed E-state index contributed by atoms with van der Waals surface area (Å²) in [7, 11) is 0. The van der Waals surface area contributed by atoms with Crippen molar-refractivity contribution in [2.24, 2.45) is 5.41 Å². The topological polar surface area (TPSA) is 25.8 Å². The summed E-state index contributed by atoms with van der Waals surface area (Å²) in [6.45, 7) is 15.6. The van der Waals surface area contributed by atoms with Gasteiger partial charge in [-0.05, 0) is 41.0 Å². The van der Waals surface area contributed by atoms with Gasteiger partial charge in [-0.3, -0.25) is 0 Å². The van der Waals surface area contributed by atoms with Crippen LogP contribution in [0.5, 0.6) is 0 Å². The van der Waals surface area contributed by atoms with E-state index in [0.29, 0.717) is 0 Å². The second-order valence-corrected chi connectivity index (χ2v) is 13.1. The van der Waals surface area contributed by atoms with Crippen LogP contribution in [0.4, 0.5) is 0 Å². The lowest BCUT2D eigenvalue weighted by molar-refractivity contribution is 0.533. The fraction of sp³-hybridized carbons (Fsp3) is 0.312. The molecule has 0 bridgehead atoms. The highest BCUT2D eigenvalue weighted by Crippen LogP contribution is 2.39. The number of aryl methyl sites for hydroxylation is 1. The molecular formula is C32H36N2S2. The van der Waals surface area contributed by atoms with Crippen LogP contribution < -0.4 is 0 Å². The van der Waals surface area contributed by atoms with Crippen LogP contribution in [0.1, 0.15) is 57.7 Å². The first-order chi connectivity index (χ1) is 17.0. The van der Waals surface area contributed by atoms with Crippen LogP contribution in [-0.2, 0) is 5.41 Å². The van der Waals surface area contributed by atoms with Gasteiger partial charge in [-0.1, -0.05) is 102 Å². The predicted molar refractivity (Wildman–Crippen MR) is 162 cm³/mol. The standard InChI is InChI=1S/C32H36N2S2/c1-21-28(22-13-10-9-11-14-22)34-29-23(15-12-16-26(35-8)31(2,3)4)17-18-24(30(29)33-21)25-19-20-27(36-25)32(5,6)7/h9-20H,1-8H3/b15-12+,26-16-. The molecule has 0 aliphatic carbocycles. The SMILES string of the molecule is CS/C(=C\C=C\c1ccc(-c2ccc(C(C)(C)C)s2)c2nc(C)c(-c3ccccc3)nc12)C(C)(C)C. The summed E-state index contributed by atoms with van der Waals surface area (Å²) in [6.07, 6.45) is 8.68. The van der Waals surface area contributed by atoms with Gasteiger partial charge >= 0.3 is 0 Å². The molecule has 0 unspecified atom stereocenters. The first kappa shape index (κ1) is 26.4. The molecule has 36 heavy (non-hydrogen) atoms. The van der Waals surface area contributed by atoms with Crippen LogP contribution in [0.3, 0.4) is 0 Å². The van der Waals surface area contributed by atoms with E-state index >= 15 is 0 Å². The van der Waals surface area contributed by atoms with Gasteiger partial charge in [0.1, 0.15) is 0 Å². The van der Waals surface area contributed by atoms with E-state index in [1.54, 1.807) is 11.8 Å². The summed E-state index contributed by atoms with van der Waals surface area (Å²) in [5.74, 6) is 0. The number of thiophene rings is 1. The highest BCUT2D eigenvalue weighted by molar-refractivity contribution is 8.02. The van der Waals surface area contributed by atoms with Crippen LogP contribution in [-0.4, -0.2) is 16.2 Å². The van der Waals surface area contributed by atoms with Crippen LogP contribution >= 0.6 is 23.1 Å². The summed E-state index contributed by atoms with van der Waals surface area (Å²) >= 11 is 3.65. The largest absolute Gasteiger partial charge is 0.248 e. The fourth-order valence-corrected chi connectivity index (χ4v) is 6.11. The smallest absolute Gasteiger partial charge is 0.0983 e. The summed E-state index contributed by atoms with van der Waals surface area (Å²) in [4.78, 5) is 14.3. The fourth-order valence-electron chi connectivity index (χ4n) is 4.19. The second-order valence-electron chi connectivity index (χ2n) is 11.2. The summed E-state index contributed by atoms with van der Waals surface area (Å²) in [5.41, 5.74) is 7.34. The number of thioether (sulfide) groups is 1. The monoisotopic (exact) mass is 512 g/mol. The van der Waals surface area contributed by atoms with Gasteiger partial charge in [0, 0.05) is 26.4 Å². The lowest BCUT2D eigenvalue weighted by Crippen LogP contribution is -2.07. The van der Waals surface area contributed by atoms with Gasteiger partial charge in [-0.2, -0.15) is 0 Å². The molecular weight excluding hydrogens is 477 g/mol. The number of fused-ring (bicyclic) bond motifs is 1. The number of rotatable bonds is 5. The Kier molecular flexibility index (Phi) is 7.59. The van der Waals surface area contributed by atoms with Crippen molar-refractivity contribution >= 4 is 40.2 Å². The minimum Gasteiger partial charge on any atom is -0.248 e. The second kappa shape index (κ2) is 10.4. The average molecular weight is 513 g/mol. The zero-order valence-electron chi connectivity index (χ0n) is 22.6. The summed E-state index contributed by atoms with van der Waals surface area (Å²) in [5, 5.41) is 0. The number of allylic oxidation sites excluding steroid dienone is 3. The molecule has 0 aliphatic rings. The Labute approximate surface area is 224 Å². The van der Waals surface area contributed by atoms with E-state index in [1.807, 2.05) is 17.4 Å². The van der Waals surface area contributed by atoms with Crippen molar-refractivity contribution in [3.05, 3.63) is 87.8 Å². The molecule has 4 heteroatoms. The Balaban J connectivity index is 1.91. The van der Waals surface area contributed by atoms with E-state index in [9.17, 15) is 0 Å². The molecule has 0 amide bonds. The van der Waals surface area contributed by atoms with Gasteiger partial charge in [0.2, 0.25) is 0 Å². The van der Waals surface area contributed by atoms with Crippen molar-refractivity contribution in [1.29, 1.82) is 0 Å². The normalized spacial score (nSPS) is 13.2. The highest BCUT2D eigenvalue weighted by atomic mass is 32.2. The van der Waals surface area contributed by atoms with E-state index in [2.05, 4.69) is 121 Å². The molecule has 0 fully saturated rings. The molecule has 4 aromatic rings. The third-order valence-corrected chi connectivity index (χ3v) is 8.90. The van der Waals surface area contributed by atoms with Crippen LogP contribution in [0.15, 0.2) is 71.7 Å². The lowest BCUT2D eigenvalue weighted by atomic mass is 9.95. The maximum Gasteiger partial charge on any atom is 0.0983 e. The molecule has 2 aromatic carbocycles. The lowest BCUT2D eigenvalue weighted by Gasteiger charge is -2.20. The van der Waals surface area contributed by atoms with Gasteiger partial charge < -0.3 is 0 Å². The zero-order valence-corrected chi connectivity index (χ0v) is 24.3. The van der Waals surface area contributed by atoms with E-state index < -0.39 is 0 Å². The minimum atomic E-state index is 0.122. The average Bonchev–Trinajstić information content (AvgIpc) is 3.32. The van der Waals surface area contributed by atoms with Gasteiger partial charge in [-0.15, -0.1) is 23.1 Å². The Bertz CT molecular complexity index is 1430. The van der Waals surface area contributed by atoms with E-state index in [4.69, 9.17) is 9.97 Å². The van der Waals surface area contributed by atoms with Gasteiger partial charge in [0.05, 0.1) is 22.4 Å². The number of hydrogen-bond acceptors (Lipinski definition) is 4. The van der Waals surface area contributed by atoms with E-state index in [0.717, 1.165) is 39.1 Å². The third kappa shape index (κ3) is 5.66. The molecule has 0 spiro atoms. The Hall–Kier alpha value is -2.69. The molecule has 0 atom stereocenters. The van der Waals surface area contributed by atoms with Gasteiger partial charge in [0.25, 0.3) is 0 Å². The molecule has 2 nitrogen and oxygen atoms in total. The molecule has 186 valence electrons. The molecule has 0 N–H and O–H groups in total. The minimum absolute atomic E-state index is 0.122. The van der Waals surface area contributed by atoms with Crippen molar-refractivity contribution in [3.63, 3.8) is 0 Å². The molecule has 2 aromatic heterocycles. The Morgan fingerprint density at radius 1 is 0.861 bits per heavy atom. The summed E-state index contributed by atoms with van der Waals surface area (Å²) in [6, 6.07) is 19.2. The molecule has 0 saturated heterocycles. The maximum atomic E-state index is 5.22. The Morgan fingerprint density at radius 2 is 1.58 bits per heavy atom. The Morgan fingerprint density at radius 3 is 2.19 bits per heavy atom. The van der Waals surface area contributed by atoms with Crippen LogP contribution in [0.25, 0.3) is 38.8 Å². The van der Waals surface area contributed by atoms with Crippen molar-refractivity contribution in [3.8, 4) is 21.7 Å². The molecule has 4 rings (SSSR count). The van der Waals surface area contributed by atoms with Gasteiger partial charge in [-0.25, -0.2) is 9.97 Å². The third-order valence-electron chi connectivity index (χ3n) is 6.17. The molecule has 2 heterocycles. The first-order valence-electron chi connectivity index (χ1n) is 12.4. The molecule has 0 saturated carbocycles. The quantitative estimate of drug-likeness (QED) is 0.249. The summed E-state index contributed by atoms with van der Waals surface area (Å²) < 4.78 is 0. The molecule has 0 aliphatic heterocycles. The highest BCUT2D eigenvalue weighted by Gasteiger charge is 2.20. The number of nitrogens with zero attached hydrogens (tertiary/aromatic N) is 2. The zero-order chi connectivity index (χ0) is 26.1. The van der Waals surface area contributed by atoms with E-state index in [-0.39, 0.29) is 10.8 Å². The van der Waals surface area contributed by atoms with Crippen molar-refractivity contribution < 1.29 is 0 Å². The van der Waals surface area contributed by atoms with Gasteiger partial charge in [0.15, 0.2) is 0 Å². The van der Waals surface area contributed by atoms with Crippen LogP contribution in [0, 0.1) is 12.3 Å². The van der Waals surface area contributed by atoms with Crippen molar-refractivity contribution in [2.45, 2.75) is 53.9 Å². The maximum absolute atomic E-state index is 5.22. The number of benzene rings is 2. The van der Waals surface area contributed by atoms with Crippen LogP contribution in [0.2, 0.25) is 0 Å². The van der Waals surface area contributed by atoms with Crippen molar-refractivity contribution in [1.82, 2.24) is 9.97 Å². The van der Waals surface area contributed by atoms with Crippen molar-refractivity contribution in [2.75, 3.05) is 6.26 Å². The van der Waals surface area contributed by atoms with E-state index in [1.165, 1.54) is 14.7 Å². The number of hydrogen-bond donors (Lipinski definition) is 0.